The average molecular weight is 294 g/mol. The highest BCUT2D eigenvalue weighted by molar-refractivity contribution is 9.10. The monoisotopic (exact) mass is 293 g/mol. The summed E-state index contributed by atoms with van der Waals surface area (Å²) < 4.78 is 2.76. The highest BCUT2D eigenvalue weighted by Gasteiger charge is 2.16. The third kappa shape index (κ3) is 2.28. The van der Waals surface area contributed by atoms with Crippen molar-refractivity contribution < 1.29 is 0 Å². The van der Waals surface area contributed by atoms with E-state index in [1.807, 2.05) is 11.7 Å². The van der Waals surface area contributed by atoms with E-state index in [1.165, 1.54) is 11.1 Å². The number of hydrogen-bond donors (Lipinski definition) is 1. The Hall–Kier alpha value is -1.13. The summed E-state index contributed by atoms with van der Waals surface area (Å²) in [7, 11) is 1.90. The maximum atomic E-state index is 6.29. The summed E-state index contributed by atoms with van der Waals surface area (Å²) in [5, 5.41) is 4.19. The van der Waals surface area contributed by atoms with Gasteiger partial charge >= 0.3 is 0 Å². The molecule has 0 aliphatic rings. The van der Waals surface area contributed by atoms with Crippen molar-refractivity contribution in [3.05, 3.63) is 51.3 Å². The second-order valence-corrected chi connectivity index (χ2v) is 5.18. The van der Waals surface area contributed by atoms with E-state index in [1.54, 1.807) is 6.20 Å². The van der Waals surface area contributed by atoms with E-state index in [4.69, 9.17) is 5.73 Å². The molecule has 0 saturated carbocycles. The van der Waals surface area contributed by atoms with Gasteiger partial charge in [0.05, 0.1) is 22.4 Å². The number of rotatable bonds is 2. The minimum atomic E-state index is -0.156. The smallest absolute Gasteiger partial charge is 0.0735 e. The Bertz CT molecular complexity index is 526. The van der Waals surface area contributed by atoms with E-state index in [2.05, 4.69) is 53.1 Å². The van der Waals surface area contributed by atoms with Gasteiger partial charge in [0.25, 0.3) is 0 Å². The van der Waals surface area contributed by atoms with Gasteiger partial charge in [-0.1, -0.05) is 18.2 Å². The van der Waals surface area contributed by atoms with E-state index in [0.29, 0.717) is 0 Å². The fraction of sp³-hybridized carbons (Fsp3) is 0.308. The molecule has 1 unspecified atom stereocenters. The maximum absolute atomic E-state index is 6.29. The quantitative estimate of drug-likeness (QED) is 0.925. The van der Waals surface area contributed by atoms with Crippen molar-refractivity contribution in [1.29, 1.82) is 0 Å². The molecule has 0 spiro atoms. The summed E-state index contributed by atoms with van der Waals surface area (Å²) in [5.74, 6) is 0. The van der Waals surface area contributed by atoms with Crippen molar-refractivity contribution in [1.82, 2.24) is 9.78 Å². The van der Waals surface area contributed by atoms with E-state index < -0.39 is 0 Å². The third-order valence-corrected chi connectivity index (χ3v) is 3.73. The molecular weight excluding hydrogens is 278 g/mol. The predicted molar refractivity (Wildman–Crippen MR) is 72.9 cm³/mol. The van der Waals surface area contributed by atoms with Crippen molar-refractivity contribution in [2.45, 2.75) is 19.9 Å². The Labute approximate surface area is 110 Å². The number of aromatic nitrogens is 2. The fourth-order valence-corrected chi connectivity index (χ4v) is 2.48. The first-order chi connectivity index (χ1) is 8.00. The van der Waals surface area contributed by atoms with Crippen LogP contribution in [-0.4, -0.2) is 9.78 Å². The van der Waals surface area contributed by atoms with Crippen molar-refractivity contribution in [3.8, 4) is 0 Å². The summed E-state index contributed by atoms with van der Waals surface area (Å²) in [5.41, 5.74) is 10.9. The van der Waals surface area contributed by atoms with Crippen LogP contribution in [0.25, 0.3) is 0 Å². The van der Waals surface area contributed by atoms with Crippen LogP contribution in [-0.2, 0) is 7.05 Å². The van der Waals surface area contributed by atoms with Crippen LogP contribution in [0.5, 0.6) is 0 Å². The molecule has 3 nitrogen and oxygen atoms in total. The summed E-state index contributed by atoms with van der Waals surface area (Å²) in [6, 6.07) is 6.16. The Morgan fingerprint density at radius 3 is 2.53 bits per heavy atom. The zero-order chi connectivity index (χ0) is 12.6. The van der Waals surface area contributed by atoms with Gasteiger partial charge in [0, 0.05) is 7.05 Å². The van der Waals surface area contributed by atoms with Gasteiger partial charge in [-0.15, -0.1) is 0 Å². The van der Waals surface area contributed by atoms with Crippen LogP contribution < -0.4 is 5.73 Å². The van der Waals surface area contributed by atoms with Crippen molar-refractivity contribution in [3.63, 3.8) is 0 Å². The Balaban J connectivity index is 2.43. The van der Waals surface area contributed by atoms with Crippen LogP contribution in [0.15, 0.2) is 28.9 Å². The fourth-order valence-electron chi connectivity index (χ4n) is 1.89. The van der Waals surface area contributed by atoms with Gasteiger partial charge in [-0.25, -0.2) is 0 Å². The van der Waals surface area contributed by atoms with Crippen molar-refractivity contribution in [2.75, 3.05) is 0 Å². The van der Waals surface area contributed by atoms with Gasteiger partial charge in [0.2, 0.25) is 0 Å². The molecule has 17 heavy (non-hydrogen) atoms. The van der Waals surface area contributed by atoms with Gasteiger partial charge in [0.15, 0.2) is 0 Å². The molecule has 0 fully saturated rings. The first kappa shape index (κ1) is 12.3. The van der Waals surface area contributed by atoms with Gasteiger partial charge in [-0.2, -0.15) is 5.10 Å². The van der Waals surface area contributed by atoms with Crippen LogP contribution >= 0.6 is 15.9 Å². The number of benzene rings is 1. The predicted octanol–water partition coefficient (Wildman–Crippen LogP) is 2.85. The number of hydrogen-bond acceptors (Lipinski definition) is 2. The number of nitrogens with zero attached hydrogens (tertiary/aromatic N) is 2. The van der Waals surface area contributed by atoms with E-state index >= 15 is 0 Å². The lowest BCUT2D eigenvalue weighted by atomic mass is 10.00. The third-order valence-electron chi connectivity index (χ3n) is 3.12. The van der Waals surface area contributed by atoms with Gasteiger partial charge in [-0.05, 0) is 46.5 Å². The molecule has 1 aromatic heterocycles. The highest BCUT2D eigenvalue weighted by Crippen LogP contribution is 2.27. The Morgan fingerprint density at radius 1 is 1.29 bits per heavy atom. The second-order valence-electron chi connectivity index (χ2n) is 4.32. The average Bonchev–Trinajstić information content (AvgIpc) is 2.62. The summed E-state index contributed by atoms with van der Waals surface area (Å²) >= 11 is 3.48. The molecule has 0 radical (unpaired) electrons. The maximum Gasteiger partial charge on any atom is 0.0735 e. The summed E-state index contributed by atoms with van der Waals surface area (Å²) in [6.45, 7) is 4.20. The molecule has 4 heteroatoms. The first-order valence-electron chi connectivity index (χ1n) is 5.51. The Kier molecular flexibility index (Phi) is 3.35. The molecule has 2 aromatic rings. The molecule has 0 aliphatic heterocycles. The largest absolute Gasteiger partial charge is 0.319 e. The number of halogens is 1. The molecule has 0 saturated heterocycles. The molecule has 1 heterocycles. The minimum absolute atomic E-state index is 0.156. The lowest BCUT2D eigenvalue weighted by molar-refractivity contribution is 0.671. The summed E-state index contributed by atoms with van der Waals surface area (Å²) in [4.78, 5) is 0. The normalized spacial score (nSPS) is 12.8. The van der Waals surface area contributed by atoms with Crippen molar-refractivity contribution in [2.24, 2.45) is 12.8 Å². The molecule has 0 amide bonds. The first-order valence-corrected chi connectivity index (χ1v) is 6.30. The van der Waals surface area contributed by atoms with Gasteiger partial charge < -0.3 is 5.73 Å². The topological polar surface area (TPSA) is 43.8 Å². The van der Waals surface area contributed by atoms with Crippen molar-refractivity contribution >= 4 is 15.9 Å². The van der Waals surface area contributed by atoms with Crippen LogP contribution in [0, 0.1) is 13.8 Å². The number of nitrogens with two attached hydrogens (primary N) is 1. The minimum Gasteiger partial charge on any atom is -0.319 e. The number of aryl methyl sites for hydroxylation is 3. The second kappa shape index (κ2) is 4.63. The molecule has 1 aromatic carbocycles. The SMILES string of the molecule is Cc1ccc(C(N)c2c(Br)cnn2C)cc1C. The molecular formula is C13H16BrN3. The van der Waals surface area contributed by atoms with Gasteiger partial charge in [-0.3, -0.25) is 4.68 Å². The van der Waals surface area contributed by atoms with Crippen LogP contribution in [0.4, 0.5) is 0 Å². The Morgan fingerprint density at radius 2 is 2.00 bits per heavy atom. The van der Waals surface area contributed by atoms with Crippen LogP contribution in [0.1, 0.15) is 28.4 Å². The molecule has 2 N–H and O–H groups in total. The summed E-state index contributed by atoms with van der Waals surface area (Å²) in [6.07, 6.45) is 1.77. The molecule has 1 atom stereocenters. The van der Waals surface area contributed by atoms with E-state index in [-0.39, 0.29) is 6.04 Å². The molecule has 0 bridgehead atoms. The lowest BCUT2D eigenvalue weighted by Gasteiger charge is -2.15. The van der Waals surface area contributed by atoms with E-state index in [9.17, 15) is 0 Å². The zero-order valence-electron chi connectivity index (χ0n) is 10.2. The molecule has 2 rings (SSSR count). The molecule has 0 aliphatic carbocycles. The molecule has 90 valence electrons. The van der Waals surface area contributed by atoms with Crippen LogP contribution in [0.3, 0.4) is 0 Å². The van der Waals surface area contributed by atoms with Crippen LogP contribution in [0.2, 0.25) is 0 Å². The lowest BCUT2D eigenvalue weighted by Crippen LogP contribution is -2.16. The zero-order valence-corrected chi connectivity index (χ0v) is 11.8. The standard InChI is InChI=1S/C13H16BrN3/c1-8-4-5-10(6-9(8)2)12(15)13-11(14)7-16-17(13)3/h4-7,12H,15H2,1-3H3. The van der Waals surface area contributed by atoms with E-state index in [0.717, 1.165) is 15.7 Å². The highest BCUT2D eigenvalue weighted by atomic mass is 79.9. The van der Waals surface area contributed by atoms with Gasteiger partial charge in [0.1, 0.15) is 0 Å².